The third-order valence-corrected chi connectivity index (χ3v) is 7.71. The topological polar surface area (TPSA) is 247 Å². The second-order valence-electron chi connectivity index (χ2n) is 12.8. The highest BCUT2D eigenvalue weighted by molar-refractivity contribution is 5.94. The quantitative estimate of drug-likeness (QED) is 0.0591. The van der Waals surface area contributed by atoms with Crippen LogP contribution >= 0.6 is 0 Å². The van der Waals surface area contributed by atoms with Crippen LogP contribution in [0.5, 0.6) is 0 Å². The Balaban J connectivity index is 2.31. The zero-order chi connectivity index (χ0) is 35.0. The van der Waals surface area contributed by atoms with E-state index in [1.54, 1.807) is 0 Å². The van der Waals surface area contributed by atoms with Crippen molar-refractivity contribution in [1.82, 2.24) is 16.0 Å². The summed E-state index contributed by atoms with van der Waals surface area (Å²) in [5.74, 6) is -2.48. The molecular weight excluding hydrogens is 598 g/mol. The first kappa shape index (κ1) is 38.7. The molecule has 4 atom stereocenters. The Labute approximate surface area is 277 Å². The molecule has 0 spiro atoms. The first-order valence-electron chi connectivity index (χ1n) is 16.1. The van der Waals surface area contributed by atoms with Gasteiger partial charge in [-0.25, -0.2) is 0 Å². The highest BCUT2D eigenvalue weighted by atomic mass is 16.2. The number of nitrogens with two attached hydrogens (primary N) is 5. The number of guanidine groups is 1. The smallest absolute Gasteiger partial charge is 0.243 e. The van der Waals surface area contributed by atoms with Crippen LogP contribution in [0.3, 0.4) is 0 Å². The highest BCUT2D eigenvalue weighted by Crippen LogP contribution is 2.22. The van der Waals surface area contributed by atoms with Crippen LogP contribution < -0.4 is 44.6 Å². The molecule has 0 aliphatic rings. The Morgan fingerprint density at radius 2 is 1.26 bits per heavy atom. The SMILES string of the molecule is CC(C)(C)c1ccc(C[C@H](NC(=O)[C@@H](CCCN=C(N)N)NC(=O)[C@@H](N)Cc2ccccc2)C(=O)N[C@@H](CCCCN)C(N)=O)cc1. The molecular formula is C34H53N9O4. The summed E-state index contributed by atoms with van der Waals surface area (Å²) < 4.78 is 0. The van der Waals surface area contributed by atoms with Crippen molar-refractivity contribution in [2.45, 2.75) is 95.3 Å². The van der Waals surface area contributed by atoms with E-state index in [0.717, 1.165) is 16.7 Å². The van der Waals surface area contributed by atoms with Crippen LogP contribution in [0.2, 0.25) is 0 Å². The van der Waals surface area contributed by atoms with Gasteiger partial charge in [-0.05, 0) is 67.2 Å². The standard InChI is InChI=1S/C34H53N9O4/c1-34(2,3)24-16-14-23(15-17-24)21-28(32(47)41-26(29(37)44)12-7-8-18-35)43-31(46)27(13-9-19-40-33(38)39)42-30(45)25(36)20-22-10-5-4-6-11-22/h4-6,10-11,14-17,25-28H,7-9,12-13,18-21,35-36H2,1-3H3,(H2,37,44)(H,41,47)(H,42,45)(H,43,46)(H4,38,39,40)/t25-,26-,27+,28-/m0/s1. The van der Waals surface area contributed by atoms with Gasteiger partial charge in [0.2, 0.25) is 23.6 Å². The van der Waals surface area contributed by atoms with Crippen molar-refractivity contribution in [2.24, 2.45) is 33.7 Å². The van der Waals surface area contributed by atoms with Gasteiger partial charge in [-0.2, -0.15) is 0 Å². The maximum Gasteiger partial charge on any atom is 0.243 e. The van der Waals surface area contributed by atoms with Crippen LogP contribution in [-0.4, -0.2) is 66.8 Å². The summed E-state index contributed by atoms with van der Waals surface area (Å²) in [4.78, 5) is 56.7. The normalized spacial score (nSPS) is 13.8. The molecule has 0 radical (unpaired) electrons. The van der Waals surface area contributed by atoms with E-state index in [0.29, 0.717) is 32.2 Å². The molecule has 13 heteroatoms. The molecule has 0 aromatic heterocycles. The number of primary amides is 1. The van der Waals surface area contributed by atoms with Gasteiger partial charge in [-0.3, -0.25) is 24.2 Å². The van der Waals surface area contributed by atoms with E-state index in [9.17, 15) is 19.2 Å². The van der Waals surface area contributed by atoms with E-state index in [1.165, 1.54) is 0 Å². The fraction of sp³-hybridized carbons (Fsp3) is 0.500. The zero-order valence-corrected chi connectivity index (χ0v) is 27.8. The summed E-state index contributed by atoms with van der Waals surface area (Å²) >= 11 is 0. The number of hydrogen-bond donors (Lipinski definition) is 8. The molecule has 13 nitrogen and oxygen atoms in total. The largest absolute Gasteiger partial charge is 0.370 e. The number of aliphatic imine (C=N–C) groups is 1. The van der Waals surface area contributed by atoms with Crippen molar-refractivity contribution >= 4 is 29.6 Å². The molecule has 0 heterocycles. The van der Waals surface area contributed by atoms with Gasteiger partial charge in [-0.1, -0.05) is 75.4 Å². The van der Waals surface area contributed by atoms with Gasteiger partial charge in [0.1, 0.15) is 18.1 Å². The summed E-state index contributed by atoms with van der Waals surface area (Å²) in [7, 11) is 0. The number of hydrogen-bond acceptors (Lipinski definition) is 7. The number of nitrogens with zero attached hydrogens (tertiary/aromatic N) is 1. The molecule has 2 aromatic carbocycles. The van der Waals surface area contributed by atoms with Gasteiger partial charge in [0.15, 0.2) is 5.96 Å². The molecule has 0 bridgehead atoms. The first-order chi connectivity index (χ1) is 22.2. The Morgan fingerprint density at radius 1 is 0.702 bits per heavy atom. The maximum atomic E-state index is 13.8. The van der Waals surface area contributed by atoms with Gasteiger partial charge in [-0.15, -0.1) is 0 Å². The lowest BCUT2D eigenvalue weighted by atomic mass is 9.86. The maximum absolute atomic E-state index is 13.8. The van der Waals surface area contributed by atoms with Crippen LogP contribution in [0, 0.1) is 0 Å². The fourth-order valence-electron chi connectivity index (χ4n) is 4.92. The van der Waals surface area contributed by atoms with Gasteiger partial charge in [0.05, 0.1) is 6.04 Å². The number of rotatable bonds is 19. The molecule has 0 aliphatic heterocycles. The fourth-order valence-corrected chi connectivity index (χ4v) is 4.92. The Morgan fingerprint density at radius 3 is 1.83 bits per heavy atom. The van der Waals surface area contributed by atoms with Crippen molar-refractivity contribution in [1.29, 1.82) is 0 Å². The van der Waals surface area contributed by atoms with E-state index in [2.05, 4.69) is 41.7 Å². The minimum Gasteiger partial charge on any atom is -0.370 e. The predicted molar refractivity (Wildman–Crippen MR) is 185 cm³/mol. The van der Waals surface area contributed by atoms with Crippen molar-refractivity contribution in [3.63, 3.8) is 0 Å². The van der Waals surface area contributed by atoms with E-state index < -0.39 is 47.8 Å². The van der Waals surface area contributed by atoms with E-state index in [-0.39, 0.29) is 37.2 Å². The van der Waals surface area contributed by atoms with E-state index in [4.69, 9.17) is 28.7 Å². The van der Waals surface area contributed by atoms with Gasteiger partial charge in [0.25, 0.3) is 0 Å². The summed E-state index contributed by atoms with van der Waals surface area (Å²) in [6.45, 7) is 6.96. The summed E-state index contributed by atoms with van der Waals surface area (Å²) in [6.07, 6.45) is 2.48. The van der Waals surface area contributed by atoms with E-state index >= 15 is 0 Å². The summed E-state index contributed by atoms with van der Waals surface area (Å²) in [5.41, 5.74) is 31.0. The lowest BCUT2D eigenvalue weighted by Crippen LogP contribution is -2.58. The second kappa shape index (κ2) is 19.2. The molecule has 47 heavy (non-hydrogen) atoms. The number of unbranched alkanes of at least 4 members (excludes halogenated alkanes) is 1. The third-order valence-electron chi connectivity index (χ3n) is 7.71. The number of carbonyl (C=O) groups excluding carboxylic acids is 4. The van der Waals surface area contributed by atoms with Crippen LogP contribution in [0.15, 0.2) is 59.6 Å². The van der Waals surface area contributed by atoms with E-state index in [1.807, 2.05) is 54.6 Å². The Kier molecular flexibility index (Phi) is 15.8. The average molecular weight is 652 g/mol. The van der Waals surface area contributed by atoms with Crippen molar-refractivity contribution in [2.75, 3.05) is 13.1 Å². The molecule has 0 saturated carbocycles. The Bertz CT molecular complexity index is 1320. The number of nitrogens with one attached hydrogen (secondary N) is 3. The van der Waals surface area contributed by atoms with Crippen LogP contribution in [0.25, 0.3) is 0 Å². The Hall–Kier alpha value is -4.49. The highest BCUT2D eigenvalue weighted by Gasteiger charge is 2.30. The first-order valence-corrected chi connectivity index (χ1v) is 16.1. The van der Waals surface area contributed by atoms with Crippen LogP contribution in [-0.2, 0) is 37.4 Å². The molecule has 2 aromatic rings. The third kappa shape index (κ3) is 14.2. The van der Waals surface area contributed by atoms with Crippen LogP contribution in [0.1, 0.15) is 69.6 Å². The van der Waals surface area contributed by atoms with Crippen molar-refractivity contribution in [3.05, 3.63) is 71.3 Å². The van der Waals surface area contributed by atoms with Gasteiger partial charge < -0.3 is 44.6 Å². The molecule has 2 rings (SSSR count). The lowest BCUT2D eigenvalue weighted by molar-refractivity contribution is -0.133. The molecule has 0 unspecified atom stereocenters. The molecule has 13 N–H and O–H groups in total. The summed E-state index contributed by atoms with van der Waals surface area (Å²) in [6, 6.07) is 13.0. The van der Waals surface area contributed by atoms with Gasteiger partial charge in [0, 0.05) is 13.0 Å². The second-order valence-corrected chi connectivity index (χ2v) is 12.8. The molecule has 0 aliphatic carbocycles. The molecule has 0 fully saturated rings. The number of amides is 4. The number of benzene rings is 2. The van der Waals surface area contributed by atoms with Gasteiger partial charge >= 0.3 is 0 Å². The average Bonchev–Trinajstić information content (AvgIpc) is 3.01. The lowest BCUT2D eigenvalue weighted by Gasteiger charge is -2.26. The minimum atomic E-state index is -1.09. The molecule has 0 saturated heterocycles. The zero-order valence-electron chi connectivity index (χ0n) is 27.8. The van der Waals surface area contributed by atoms with Crippen molar-refractivity contribution < 1.29 is 19.2 Å². The monoisotopic (exact) mass is 651 g/mol. The predicted octanol–water partition coefficient (Wildman–Crippen LogP) is 0.219. The van der Waals surface area contributed by atoms with Crippen LogP contribution in [0.4, 0.5) is 0 Å². The molecule has 4 amide bonds. The summed E-state index contributed by atoms with van der Waals surface area (Å²) in [5, 5.41) is 8.25. The molecule has 258 valence electrons. The minimum absolute atomic E-state index is 0.0762. The van der Waals surface area contributed by atoms with Crippen molar-refractivity contribution in [3.8, 4) is 0 Å². The number of carbonyl (C=O) groups is 4.